The lowest BCUT2D eigenvalue weighted by molar-refractivity contribution is -0.137. The number of nitrogens with zero attached hydrogens (tertiary/aromatic N) is 1. The van der Waals surface area contributed by atoms with Crippen LogP contribution >= 0.6 is 0 Å². The normalized spacial score (nSPS) is 12.7. The monoisotopic (exact) mass is 159 g/mol. The number of unbranched alkanes of at least 4 members (excludes halogenated alkanes) is 1. The first kappa shape index (κ1) is 10.4. The maximum absolute atomic E-state index is 10.9. The Balaban J connectivity index is 3.80. The van der Waals surface area contributed by atoms with E-state index < -0.39 is 6.23 Å². The van der Waals surface area contributed by atoms with Gasteiger partial charge in [0.1, 0.15) is 6.23 Å². The van der Waals surface area contributed by atoms with Gasteiger partial charge in [-0.3, -0.25) is 4.79 Å². The summed E-state index contributed by atoms with van der Waals surface area (Å²) in [7, 11) is 0. The zero-order chi connectivity index (χ0) is 8.85. The molecule has 0 aromatic carbocycles. The minimum absolute atomic E-state index is 0.0616. The zero-order valence-electron chi connectivity index (χ0n) is 7.50. The topological polar surface area (TPSA) is 40.5 Å². The molecule has 0 aliphatic heterocycles. The van der Waals surface area contributed by atoms with Crippen LogP contribution in [0, 0.1) is 0 Å². The van der Waals surface area contributed by atoms with Crippen molar-refractivity contribution in [2.75, 3.05) is 6.54 Å². The molecule has 1 atom stereocenters. The maximum Gasteiger partial charge on any atom is 0.221 e. The van der Waals surface area contributed by atoms with Crippen molar-refractivity contribution in [2.45, 2.75) is 39.8 Å². The molecule has 0 heterocycles. The molecule has 3 heteroatoms. The van der Waals surface area contributed by atoms with Crippen LogP contribution in [0.3, 0.4) is 0 Å². The summed E-state index contributed by atoms with van der Waals surface area (Å²) in [6.45, 7) is 5.79. The van der Waals surface area contributed by atoms with Crippen molar-refractivity contribution in [2.24, 2.45) is 0 Å². The average Bonchev–Trinajstić information content (AvgIpc) is 1.87. The van der Waals surface area contributed by atoms with Gasteiger partial charge in [0.05, 0.1) is 0 Å². The number of aliphatic hydroxyl groups is 1. The maximum atomic E-state index is 10.9. The average molecular weight is 159 g/mol. The summed E-state index contributed by atoms with van der Waals surface area (Å²) >= 11 is 0. The first-order valence-electron chi connectivity index (χ1n) is 4.04. The highest BCUT2D eigenvalue weighted by molar-refractivity contribution is 5.73. The number of amides is 1. The minimum Gasteiger partial charge on any atom is -0.374 e. The lowest BCUT2D eigenvalue weighted by Gasteiger charge is -2.23. The Kier molecular flexibility index (Phi) is 4.86. The molecule has 0 fully saturated rings. The van der Waals surface area contributed by atoms with Crippen molar-refractivity contribution in [3.63, 3.8) is 0 Å². The lowest BCUT2D eigenvalue weighted by atomic mass is 10.3. The van der Waals surface area contributed by atoms with E-state index in [0.29, 0.717) is 6.54 Å². The Bertz CT molecular complexity index is 123. The summed E-state index contributed by atoms with van der Waals surface area (Å²) in [4.78, 5) is 12.3. The summed E-state index contributed by atoms with van der Waals surface area (Å²) in [6, 6.07) is 0. The number of hydrogen-bond donors (Lipinski definition) is 1. The lowest BCUT2D eigenvalue weighted by Crippen LogP contribution is -2.37. The molecule has 0 aromatic rings. The quantitative estimate of drug-likeness (QED) is 0.621. The standard InChI is InChI=1S/C8H17NO2/c1-4-5-6-9(7(2)10)8(3)11/h7,10H,4-6H2,1-3H3. The van der Waals surface area contributed by atoms with E-state index in [9.17, 15) is 4.79 Å². The Morgan fingerprint density at radius 3 is 2.45 bits per heavy atom. The van der Waals surface area contributed by atoms with Crippen molar-refractivity contribution in [3.05, 3.63) is 0 Å². The fraction of sp³-hybridized carbons (Fsp3) is 0.875. The summed E-state index contributed by atoms with van der Waals surface area (Å²) in [5.74, 6) is -0.0616. The highest BCUT2D eigenvalue weighted by Gasteiger charge is 2.11. The molecule has 0 rings (SSSR count). The van der Waals surface area contributed by atoms with Crippen molar-refractivity contribution in [1.29, 1.82) is 0 Å². The van der Waals surface area contributed by atoms with Crippen LogP contribution in [0.1, 0.15) is 33.6 Å². The van der Waals surface area contributed by atoms with E-state index in [4.69, 9.17) is 5.11 Å². The predicted octanol–water partition coefficient (Wildman–Crippen LogP) is 0.973. The van der Waals surface area contributed by atoms with Crippen molar-refractivity contribution in [3.8, 4) is 0 Å². The van der Waals surface area contributed by atoms with Crippen molar-refractivity contribution >= 4 is 5.91 Å². The molecule has 0 saturated heterocycles. The number of hydrogen-bond acceptors (Lipinski definition) is 2. The number of carbonyl (C=O) groups excluding carboxylic acids is 1. The fourth-order valence-corrected chi connectivity index (χ4v) is 0.936. The molecule has 0 bridgehead atoms. The molecule has 1 amide bonds. The minimum atomic E-state index is -0.654. The second-order valence-corrected chi connectivity index (χ2v) is 2.70. The third-order valence-corrected chi connectivity index (χ3v) is 1.61. The SMILES string of the molecule is CCCCN(C(C)=O)C(C)O. The molecule has 1 unspecified atom stereocenters. The van der Waals surface area contributed by atoms with Gasteiger partial charge in [0, 0.05) is 13.5 Å². The number of rotatable bonds is 4. The highest BCUT2D eigenvalue weighted by Crippen LogP contribution is 1.99. The molecule has 0 spiro atoms. The molecule has 0 aromatic heterocycles. The molecule has 3 nitrogen and oxygen atoms in total. The first-order chi connectivity index (χ1) is 5.09. The Hall–Kier alpha value is -0.570. The fourth-order valence-electron chi connectivity index (χ4n) is 0.936. The van der Waals surface area contributed by atoms with Gasteiger partial charge >= 0.3 is 0 Å². The van der Waals surface area contributed by atoms with E-state index in [2.05, 4.69) is 6.92 Å². The molecule has 66 valence electrons. The molecule has 0 saturated carbocycles. The van der Waals surface area contributed by atoms with Gasteiger partial charge in [-0.2, -0.15) is 0 Å². The third kappa shape index (κ3) is 3.98. The summed E-state index contributed by atoms with van der Waals surface area (Å²) in [5, 5.41) is 9.11. The van der Waals surface area contributed by atoms with Crippen LogP contribution < -0.4 is 0 Å². The van der Waals surface area contributed by atoms with E-state index in [1.165, 1.54) is 11.8 Å². The molecule has 0 radical (unpaired) electrons. The highest BCUT2D eigenvalue weighted by atomic mass is 16.3. The number of carbonyl (C=O) groups is 1. The van der Waals surface area contributed by atoms with Crippen LogP contribution in [0.25, 0.3) is 0 Å². The van der Waals surface area contributed by atoms with Gasteiger partial charge in [-0.1, -0.05) is 13.3 Å². The number of aliphatic hydroxyl groups excluding tert-OH is 1. The summed E-state index contributed by atoms with van der Waals surface area (Å²) in [5.41, 5.74) is 0. The van der Waals surface area contributed by atoms with Crippen LogP contribution in [-0.2, 0) is 4.79 Å². The van der Waals surface area contributed by atoms with Gasteiger partial charge in [-0.05, 0) is 13.3 Å². The molecular formula is C8H17NO2. The molecular weight excluding hydrogens is 142 g/mol. The summed E-state index contributed by atoms with van der Waals surface area (Å²) < 4.78 is 0. The first-order valence-corrected chi connectivity index (χ1v) is 4.04. The van der Waals surface area contributed by atoms with Gasteiger partial charge in [-0.15, -0.1) is 0 Å². The molecule has 0 aliphatic carbocycles. The van der Waals surface area contributed by atoms with Gasteiger partial charge in [-0.25, -0.2) is 0 Å². The Labute approximate surface area is 68.0 Å². The van der Waals surface area contributed by atoms with Crippen molar-refractivity contribution < 1.29 is 9.90 Å². The molecule has 0 aliphatic rings. The smallest absolute Gasteiger partial charge is 0.221 e. The van der Waals surface area contributed by atoms with Crippen LogP contribution in [0.4, 0.5) is 0 Å². The Morgan fingerprint density at radius 1 is 1.64 bits per heavy atom. The molecule has 1 N–H and O–H groups in total. The van der Waals surface area contributed by atoms with Crippen LogP contribution in [-0.4, -0.2) is 28.7 Å². The van der Waals surface area contributed by atoms with E-state index >= 15 is 0 Å². The van der Waals surface area contributed by atoms with Gasteiger partial charge in [0.25, 0.3) is 0 Å². The van der Waals surface area contributed by atoms with Gasteiger partial charge in [0.15, 0.2) is 0 Å². The van der Waals surface area contributed by atoms with Crippen LogP contribution in [0.5, 0.6) is 0 Å². The Morgan fingerprint density at radius 2 is 2.18 bits per heavy atom. The second kappa shape index (κ2) is 5.13. The predicted molar refractivity (Wildman–Crippen MR) is 44.0 cm³/mol. The van der Waals surface area contributed by atoms with Crippen LogP contribution in [0.15, 0.2) is 0 Å². The van der Waals surface area contributed by atoms with E-state index in [0.717, 1.165) is 12.8 Å². The summed E-state index contributed by atoms with van der Waals surface area (Å²) in [6.07, 6.45) is 1.33. The molecule has 11 heavy (non-hydrogen) atoms. The van der Waals surface area contributed by atoms with Gasteiger partial charge in [0.2, 0.25) is 5.91 Å². The van der Waals surface area contributed by atoms with Crippen molar-refractivity contribution in [1.82, 2.24) is 4.90 Å². The largest absolute Gasteiger partial charge is 0.374 e. The zero-order valence-corrected chi connectivity index (χ0v) is 7.50. The third-order valence-electron chi connectivity index (χ3n) is 1.61. The van der Waals surface area contributed by atoms with E-state index in [1.54, 1.807) is 6.92 Å². The van der Waals surface area contributed by atoms with Crippen LogP contribution in [0.2, 0.25) is 0 Å². The second-order valence-electron chi connectivity index (χ2n) is 2.70. The van der Waals surface area contributed by atoms with E-state index in [1.807, 2.05) is 0 Å². The van der Waals surface area contributed by atoms with Gasteiger partial charge < -0.3 is 10.0 Å². The van der Waals surface area contributed by atoms with E-state index in [-0.39, 0.29) is 5.91 Å².